The number of hydrogen-bond acceptors (Lipinski definition) is 9. The van der Waals surface area contributed by atoms with Gasteiger partial charge in [0.25, 0.3) is 10.8 Å². The fraction of sp³-hybridized carbons (Fsp3) is 0.400. The number of carbonyl (C=O) groups excluding carboxylic acids is 3. The normalized spacial score (nSPS) is 16.2. The molecule has 3 unspecified atom stereocenters. The van der Waals surface area contributed by atoms with Gasteiger partial charge in [-0.2, -0.15) is 8.42 Å². The van der Waals surface area contributed by atoms with Crippen LogP contribution in [0.15, 0.2) is 60.7 Å². The molecule has 0 heterocycles. The van der Waals surface area contributed by atoms with Crippen LogP contribution in [0.25, 0.3) is 0 Å². The Morgan fingerprint density at radius 1 is 1.03 bits per heavy atom. The summed E-state index contributed by atoms with van der Waals surface area (Å²) in [6.07, 6.45) is 0. The average Bonchev–Trinajstić information content (AvgIpc) is 2.87. The topological polar surface area (TPSA) is 199 Å². The van der Waals surface area contributed by atoms with Crippen LogP contribution in [0, 0.1) is 5.92 Å². The molecule has 13 heteroatoms. The summed E-state index contributed by atoms with van der Waals surface area (Å²) in [5.74, 6) is -4.67. The third-order valence-corrected chi connectivity index (χ3v) is 7.34. The van der Waals surface area contributed by atoms with Crippen molar-refractivity contribution in [1.82, 2.24) is 5.32 Å². The van der Waals surface area contributed by atoms with E-state index in [1.807, 2.05) is 0 Å². The van der Waals surface area contributed by atoms with Gasteiger partial charge in [-0.1, -0.05) is 74.5 Å². The molecule has 204 valence electrons. The van der Waals surface area contributed by atoms with Crippen molar-refractivity contribution in [3.05, 3.63) is 71.8 Å². The maximum Gasteiger partial charge on any atom is 1.00 e. The van der Waals surface area contributed by atoms with Crippen molar-refractivity contribution in [1.29, 1.82) is 0 Å². The number of amides is 1. The molecule has 0 aliphatic rings. The van der Waals surface area contributed by atoms with Crippen LogP contribution in [0.4, 0.5) is 0 Å². The number of esters is 1. The molecule has 2 aromatic rings. The molecule has 2 rings (SSSR count). The number of Topliss-reactive ketones (excluding diaryl/α,β-unsaturated/α-hetero) is 1. The second-order valence-corrected chi connectivity index (χ2v) is 10.5. The summed E-state index contributed by atoms with van der Waals surface area (Å²) in [5.41, 5.74) is 9.93. The standard InChI is InChI=1S/C25H33N3O8S.Na.H/c1-4-28-22(30)25(32,37(33,34)35)21(27)24(18-13-9-6-10-14-18,20(29)19(26)16(2)3)23(31)36-15-17-11-7-5-8-12-17;;/h5-14,16,19,21,32H,4,15,26-27H2,1-3H3,(H,28,30)(H,33,34,35);;/q;+1;-1/t19-,21?,24?,25?;;/m1../s1. The van der Waals surface area contributed by atoms with E-state index >= 15 is 0 Å². The van der Waals surface area contributed by atoms with E-state index < -0.39 is 56.1 Å². The number of ether oxygens (including phenoxy) is 1. The molecular formula is C25H34N3NaO8S. The first-order valence-electron chi connectivity index (χ1n) is 11.6. The van der Waals surface area contributed by atoms with E-state index in [1.54, 1.807) is 50.2 Å². The number of nitrogens with one attached hydrogen (secondary N) is 1. The Hall–Kier alpha value is -2.16. The van der Waals surface area contributed by atoms with E-state index in [-0.39, 0.29) is 49.7 Å². The molecule has 0 aliphatic carbocycles. The zero-order valence-corrected chi connectivity index (χ0v) is 24.6. The van der Waals surface area contributed by atoms with Gasteiger partial charge in [-0.15, -0.1) is 0 Å². The van der Waals surface area contributed by atoms with Crippen LogP contribution in [0.1, 0.15) is 33.3 Å². The van der Waals surface area contributed by atoms with Crippen LogP contribution in [0.2, 0.25) is 0 Å². The molecule has 0 saturated heterocycles. The Labute approximate surface area is 245 Å². The first-order valence-corrected chi connectivity index (χ1v) is 13.0. The summed E-state index contributed by atoms with van der Waals surface area (Å²) in [5, 5.41) is 13.3. The summed E-state index contributed by atoms with van der Waals surface area (Å²) in [4.78, 5) is 37.0. The molecule has 4 atom stereocenters. The van der Waals surface area contributed by atoms with E-state index in [0.29, 0.717) is 5.56 Å². The first kappa shape index (κ1) is 33.9. The van der Waals surface area contributed by atoms with Gasteiger partial charge in [0, 0.05) is 6.54 Å². The van der Waals surface area contributed by atoms with Crippen molar-refractivity contribution in [2.45, 2.75) is 49.8 Å². The van der Waals surface area contributed by atoms with Crippen LogP contribution < -0.4 is 46.3 Å². The largest absolute Gasteiger partial charge is 1.00 e. The van der Waals surface area contributed by atoms with Crippen LogP contribution in [0.5, 0.6) is 0 Å². The molecule has 11 nitrogen and oxygen atoms in total. The van der Waals surface area contributed by atoms with Gasteiger partial charge in [0.15, 0.2) is 11.2 Å². The molecule has 0 spiro atoms. The predicted molar refractivity (Wildman–Crippen MR) is 136 cm³/mol. The molecule has 0 fully saturated rings. The van der Waals surface area contributed by atoms with Crippen molar-refractivity contribution >= 4 is 27.8 Å². The van der Waals surface area contributed by atoms with E-state index in [1.165, 1.54) is 31.2 Å². The van der Waals surface area contributed by atoms with Gasteiger partial charge in [-0.25, -0.2) is 0 Å². The molecule has 0 aliphatic heterocycles. The second kappa shape index (κ2) is 13.8. The van der Waals surface area contributed by atoms with E-state index in [9.17, 15) is 32.5 Å². The number of carbonyl (C=O) groups is 3. The summed E-state index contributed by atoms with van der Waals surface area (Å²) in [6, 6.07) is 11.4. The SMILES string of the molecule is CCNC(=O)C(O)(C(N)C(C(=O)OCc1ccccc1)(C(=O)[C@H](N)C(C)C)c1ccccc1)S(=O)(=O)O.[H-].[Na+]. The first-order chi connectivity index (χ1) is 17.3. The number of ketones is 1. The minimum absolute atomic E-state index is 0. The number of aliphatic hydroxyl groups is 1. The van der Waals surface area contributed by atoms with Crippen molar-refractivity contribution in [3.63, 3.8) is 0 Å². The van der Waals surface area contributed by atoms with Crippen molar-refractivity contribution in [2.24, 2.45) is 17.4 Å². The fourth-order valence-electron chi connectivity index (χ4n) is 3.92. The van der Waals surface area contributed by atoms with Crippen LogP contribution in [-0.2, 0) is 41.3 Å². The molecule has 0 saturated carbocycles. The van der Waals surface area contributed by atoms with Crippen molar-refractivity contribution < 1.29 is 68.2 Å². The fourth-order valence-corrected chi connectivity index (χ4v) is 4.73. The van der Waals surface area contributed by atoms with E-state index in [4.69, 9.17) is 16.2 Å². The summed E-state index contributed by atoms with van der Waals surface area (Å²) in [6.45, 7) is 4.07. The zero-order valence-electron chi connectivity index (χ0n) is 22.8. The van der Waals surface area contributed by atoms with Gasteiger partial charge in [0.2, 0.25) is 0 Å². The Balaban J connectivity index is 0.00000722. The monoisotopic (exact) mass is 559 g/mol. The second-order valence-electron chi connectivity index (χ2n) is 8.88. The minimum atomic E-state index is -5.74. The van der Waals surface area contributed by atoms with Crippen molar-refractivity contribution in [3.8, 4) is 0 Å². The van der Waals surface area contributed by atoms with Gasteiger partial charge in [0.1, 0.15) is 6.61 Å². The Bertz CT molecular complexity index is 1220. The molecule has 0 bridgehead atoms. The molecule has 1 amide bonds. The average molecular weight is 560 g/mol. The van der Waals surface area contributed by atoms with Crippen LogP contribution in [-0.4, -0.2) is 59.3 Å². The van der Waals surface area contributed by atoms with Gasteiger partial charge in [0.05, 0.1) is 12.1 Å². The van der Waals surface area contributed by atoms with Crippen LogP contribution >= 0.6 is 0 Å². The smallest absolute Gasteiger partial charge is 1.00 e. The number of nitrogens with two attached hydrogens (primary N) is 2. The summed E-state index contributed by atoms with van der Waals surface area (Å²) >= 11 is 0. The molecule has 0 aromatic heterocycles. The third kappa shape index (κ3) is 6.52. The van der Waals surface area contributed by atoms with Crippen LogP contribution in [0.3, 0.4) is 0 Å². The molecule has 0 radical (unpaired) electrons. The number of likely N-dealkylation sites (N-methyl/N-ethyl adjacent to an activating group) is 1. The minimum Gasteiger partial charge on any atom is -1.00 e. The number of rotatable bonds is 12. The maximum atomic E-state index is 14.0. The predicted octanol–water partition coefficient (Wildman–Crippen LogP) is -2.62. The van der Waals surface area contributed by atoms with Gasteiger partial charge >= 0.3 is 45.6 Å². The molecule has 7 N–H and O–H groups in total. The Kier molecular flexibility index (Phi) is 12.3. The van der Waals surface area contributed by atoms with E-state index in [2.05, 4.69) is 5.32 Å². The maximum absolute atomic E-state index is 14.0. The zero-order chi connectivity index (χ0) is 28.0. The summed E-state index contributed by atoms with van der Waals surface area (Å²) < 4.78 is 40.4. The molecule has 38 heavy (non-hydrogen) atoms. The van der Waals surface area contributed by atoms with Crippen molar-refractivity contribution in [2.75, 3.05) is 6.54 Å². The molecular weight excluding hydrogens is 525 g/mol. The quantitative estimate of drug-likeness (QED) is 0.0794. The Morgan fingerprint density at radius 2 is 1.53 bits per heavy atom. The van der Waals surface area contributed by atoms with E-state index in [0.717, 1.165) is 0 Å². The van der Waals surface area contributed by atoms with Gasteiger partial charge in [-0.05, 0) is 24.0 Å². The number of hydrogen-bond donors (Lipinski definition) is 5. The third-order valence-electron chi connectivity index (χ3n) is 6.12. The Morgan fingerprint density at radius 3 is 1.97 bits per heavy atom. The van der Waals surface area contributed by atoms with Gasteiger partial charge in [-0.3, -0.25) is 18.9 Å². The van der Waals surface area contributed by atoms with Gasteiger partial charge < -0.3 is 28.1 Å². The molecule has 2 aromatic carbocycles. The number of benzene rings is 2. The summed E-state index contributed by atoms with van der Waals surface area (Å²) in [7, 11) is -5.74.